The van der Waals surface area contributed by atoms with Gasteiger partial charge in [-0.2, -0.15) is 3.97 Å². The molecule has 0 unspecified atom stereocenters. The molecule has 23 heavy (non-hydrogen) atoms. The summed E-state index contributed by atoms with van der Waals surface area (Å²) >= 11 is 0. The molecule has 3 rings (SSSR count). The first-order valence-electron chi connectivity index (χ1n) is 6.75. The molecule has 0 amide bonds. The second-order valence-corrected chi connectivity index (χ2v) is 6.89. The lowest BCUT2D eigenvalue weighted by atomic mass is 10.2. The summed E-state index contributed by atoms with van der Waals surface area (Å²) in [6.45, 7) is 1.73. The maximum Gasteiger partial charge on any atom is 0.340 e. The number of aromatic nitrogens is 2. The molecule has 1 heterocycles. The minimum Gasteiger partial charge on any atom is -0.496 e. The van der Waals surface area contributed by atoms with Gasteiger partial charge >= 0.3 is 5.69 Å². The van der Waals surface area contributed by atoms with E-state index >= 15 is 0 Å². The van der Waals surface area contributed by atoms with Crippen molar-refractivity contribution in [2.24, 2.45) is 0 Å². The van der Waals surface area contributed by atoms with Crippen LogP contribution < -0.4 is 16.2 Å². The van der Waals surface area contributed by atoms with Crippen molar-refractivity contribution < 1.29 is 13.2 Å². The molecule has 1 aromatic heterocycles. The van der Waals surface area contributed by atoms with Gasteiger partial charge in [-0.05, 0) is 48.9 Å². The quantitative estimate of drug-likeness (QED) is 0.706. The number of fused-ring (bicyclic) bond motifs is 1. The van der Waals surface area contributed by atoms with Gasteiger partial charge in [0, 0.05) is 5.69 Å². The fourth-order valence-electron chi connectivity index (χ4n) is 2.46. The first kappa shape index (κ1) is 15.2. The van der Waals surface area contributed by atoms with Gasteiger partial charge in [0.05, 0.1) is 23.0 Å². The first-order valence-corrected chi connectivity index (χ1v) is 8.19. The summed E-state index contributed by atoms with van der Waals surface area (Å²) in [6.07, 6.45) is 0. The Bertz CT molecular complexity index is 1060. The van der Waals surface area contributed by atoms with Crippen molar-refractivity contribution in [1.82, 2.24) is 8.96 Å². The molecule has 0 saturated carbocycles. The van der Waals surface area contributed by atoms with E-state index in [1.54, 1.807) is 19.1 Å². The maximum atomic E-state index is 12.8. The van der Waals surface area contributed by atoms with Crippen molar-refractivity contribution in [3.8, 4) is 5.75 Å². The Labute approximate surface area is 132 Å². The van der Waals surface area contributed by atoms with E-state index in [4.69, 9.17) is 10.5 Å². The third-order valence-electron chi connectivity index (χ3n) is 3.57. The number of benzene rings is 2. The Hall–Kier alpha value is -2.74. The summed E-state index contributed by atoms with van der Waals surface area (Å²) in [7, 11) is -2.53. The summed E-state index contributed by atoms with van der Waals surface area (Å²) < 4.78 is 31.5. The molecule has 3 N–H and O–H groups in total. The number of ether oxygens (including phenoxy) is 1. The van der Waals surface area contributed by atoms with Crippen LogP contribution in [0.3, 0.4) is 0 Å². The van der Waals surface area contributed by atoms with Gasteiger partial charge in [0.25, 0.3) is 10.0 Å². The molecule has 3 aromatic rings. The molecule has 0 spiro atoms. The minimum absolute atomic E-state index is 0.00984. The highest BCUT2D eigenvalue weighted by atomic mass is 32.2. The number of imidazole rings is 1. The van der Waals surface area contributed by atoms with Gasteiger partial charge in [-0.15, -0.1) is 0 Å². The number of nitrogens with one attached hydrogen (secondary N) is 1. The van der Waals surface area contributed by atoms with Crippen LogP contribution in [0.4, 0.5) is 5.69 Å². The SMILES string of the molecule is COc1ccc(S(=O)(=O)n2c(=O)[nH]c3cc(N)ccc32)cc1C. The number of anilines is 1. The number of rotatable bonds is 3. The zero-order chi connectivity index (χ0) is 16.8. The highest BCUT2D eigenvalue weighted by Crippen LogP contribution is 2.24. The average Bonchev–Trinajstić information content (AvgIpc) is 2.82. The van der Waals surface area contributed by atoms with Crippen LogP contribution in [-0.2, 0) is 10.0 Å². The van der Waals surface area contributed by atoms with Crippen LogP contribution in [0.2, 0.25) is 0 Å². The third-order valence-corrected chi connectivity index (χ3v) is 5.26. The summed E-state index contributed by atoms with van der Waals surface area (Å²) in [5.74, 6) is 0.572. The standard InChI is InChI=1S/C15H15N3O4S/c1-9-7-11(4-6-14(9)22-2)23(20,21)18-13-5-3-10(16)8-12(13)17-15(18)19/h3-8H,16H2,1-2H3,(H,17,19). The van der Waals surface area contributed by atoms with Crippen molar-refractivity contribution in [3.05, 3.63) is 52.4 Å². The van der Waals surface area contributed by atoms with Crippen molar-refractivity contribution >= 4 is 26.7 Å². The molecule has 8 heteroatoms. The summed E-state index contributed by atoms with van der Waals surface area (Å²) in [4.78, 5) is 14.7. The van der Waals surface area contributed by atoms with Crippen molar-refractivity contribution in [2.75, 3.05) is 12.8 Å². The van der Waals surface area contributed by atoms with Crippen LogP contribution in [-0.4, -0.2) is 24.5 Å². The number of hydrogen-bond acceptors (Lipinski definition) is 5. The smallest absolute Gasteiger partial charge is 0.340 e. The Morgan fingerprint density at radius 2 is 1.91 bits per heavy atom. The monoisotopic (exact) mass is 333 g/mol. The number of hydrogen-bond donors (Lipinski definition) is 2. The predicted octanol–water partition coefficient (Wildman–Crippen LogP) is 1.47. The van der Waals surface area contributed by atoms with Crippen LogP contribution in [0.5, 0.6) is 5.75 Å². The second-order valence-electron chi connectivity index (χ2n) is 5.11. The van der Waals surface area contributed by atoms with E-state index in [1.807, 2.05) is 0 Å². The first-order chi connectivity index (χ1) is 10.8. The van der Waals surface area contributed by atoms with Crippen LogP contribution in [0.15, 0.2) is 46.1 Å². The number of nitrogen functional groups attached to an aromatic ring is 1. The molecule has 0 aliphatic heterocycles. The molecule has 120 valence electrons. The Morgan fingerprint density at radius 1 is 1.17 bits per heavy atom. The Balaban J connectivity index is 2.27. The van der Waals surface area contributed by atoms with Crippen LogP contribution in [0, 0.1) is 6.92 Å². The summed E-state index contributed by atoms with van der Waals surface area (Å²) in [6, 6.07) is 8.99. The van der Waals surface area contributed by atoms with E-state index in [9.17, 15) is 13.2 Å². The zero-order valence-corrected chi connectivity index (χ0v) is 13.3. The molecule has 0 radical (unpaired) electrons. The molecule has 0 aliphatic carbocycles. The molecule has 0 atom stereocenters. The Kier molecular flexibility index (Phi) is 3.41. The van der Waals surface area contributed by atoms with Gasteiger partial charge in [-0.25, -0.2) is 13.2 Å². The van der Waals surface area contributed by atoms with Gasteiger partial charge in [0.1, 0.15) is 5.75 Å². The fourth-order valence-corrected chi connectivity index (χ4v) is 3.92. The lowest BCUT2D eigenvalue weighted by Gasteiger charge is -2.09. The number of aromatic amines is 1. The van der Waals surface area contributed by atoms with Gasteiger partial charge in [-0.1, -0.05) is 0 Å². The topological polar surface area (TPSA) is 107 Å². The van der Waals surface area contributed by atoms with Gasteiger partial charge < -0.3 is 15.5 Å². The molecular formula is C15H15N3O4S. The molecule has 0 bridgehead atoms. The van der Waals surface area contributed by atoms with Gasteiger partial charge in [0.15, 0.2) is 0 Å². The number of aryl methyl sites for hydroxylation is 1. The number of methoxy groups -OCH3 is 1. The highest BCUT2D eigenvalue weighted by Gasteiger charge is 2.23. The molecule has 0 aliphatic rings. The van der Waals surface area contributed by atoms with E-state index in [0.717, 1.165) is 3.97 Å². The van der Waals surface area contributed by atoms with Crippen LogP contribution in [0.25, 0.3) is 11.0 Å². The molecule has 7 nitrogen and oxygen atoms in total. The number of nitrogens with zero attached hydrogens (tertiary/aromatic N) is 1. The average molecular weight is 333 g/mol. The van der Waals surface area contributed by atoms with Crippen LogP contribution in [0.1, 0.15) is 5.56 Å². The van der Waals surface area contributed by atoms with Crippen molar-refractivity contribution in [3.63, 3.8) is 0 Å². The maximum absolute atomic E-state index is 12.8. The van der Waals surface area contributed by atoms with Gasteiger partial charge in [-0.3, -0.25) is 0 Å². The Morgan fingerprint density at radius 3 is 2.57 bits per heavy atom. The second kappa shape index (κ2) is 5.17. The third kappa shape index (κ3) is 2.36. The predicted molar refractivity (Wildman–Crippen MR) is 87.3 cm³/mol. The van der Waals surface area contributed by atoms with E-state index < -0.39 is 15.7 Å². The number of nitrogens with two attached hydrogens (primary N) is 1. The van der Waals surface area contributed by atoms with E-state index in [-0.39, 0.29) is 10.4 Å². The normalized spacial score (nSPS) is 11.7. The van der Waals surface area contributed by atoms with E-state index in [0.29, 0.717) is 22.5 Å². The van der Waals surface area contributed by atoms with Crippen molar-refractivity contribution in [1.29, 1.82) is 0 Å². The molecule has 0 fully saturated rings. The highest BCUT2D eigenvalue weighted by molar-refractivity contribution is 7.90. The lowest BCUT2D eigenvalue weighted by molar-refractivity contribution is 0.411. The summed E-state index contributed by atoms with van der Waals surface area (Å²) in [5.41, 5.74) is 6.63. The lowest BCUT2D eigenvalue weighted by Crippen LogP contribution is -2.25. The summed E-state index contributed by atoms with van der Waals surface area (Å²) in [5, 5.41) is 0. The number of H-pyrrole nitrogens is 1. The van der Waals surface area contributed by atoms with Gasteiger partial charge in [0.2, 0.25) is 0 Å². The van der Waals surface area contributed by atoms with Crippen molar-refractivity contribution in [2.45, 2.75) is 11.8 Å². The largest absolute Gasteiger partial charge is 0.496 e. The zero-order valence-electron chi connectivity index (χ0n) is 12.5. The van der Waals surface area contributed by atoms with E-state index in [1.165, 1.54) is 31.4 Å². The minimum atomic E-state index is -4.04. The molecule has 0 saturated heterocycles. The molecular weight excluding hydrogens is 318 g/mol. The van der Waals surface area contributed by atoms with Crippen LogP contribution >= 0.6 is 0 Å². The fraction of sp³-hybridized carbons (Fsp3) is 0.133. The van der Waals surface area contributed by atoms with E-state index in [2.05, 4.69) is 4.98 Å². The molecule has 2 aromatic carbocycles.